The van der Waals surface area contributed by atoms with Gasteiger partial charge in [0.2, 0.25) is 17.7 Å². The number of carbonyl (C=O) groups is 4. The molecule has 2 aromatic carbocycles. The van der Waals surface area contributed by atoms with E-state index in [-0.39, 0.29) is 6.42 Å². The number of nitrogens with two attached hydrogens (primary N) is 1. The van der Waals surface area contributed by atoms with Crippen molar-refractivity contribution in [3.63, 3.8) is 0 Å². The van der Waals surface area contributed by atoms with Gasteiger partial charge in [-0.1, -0.05) is 42.5 Å². The van der Waals surface area contributed by atoms with E-state index in [1.54, 1.807) is 45.0 Å². The number of amides is 4. The minimum atomic E-state index is -1.35. The maximum absolute atomic E-state index is 13.0. The van der Waals surface area contributed by atoms with Gasteiger partial charge in [0.1, 0.15) is 36.6 Å². The monoisotopic (exact) mass is 528 g/mol. The molecule has 0 aliphatic carbocycles. The summed E-state index contributed by atoms with van der Waals surface area (Å²) in [7, 11) is 0. The Morgan fingerprint density at radius 2 is 1.58 bits per heavy atom. The third kappa shape index (κ3) is 10.9. The Bertz CT molecular complexity index is 1080. The van der Waals surface area contributed by atoms with E-state index >= 15 is 0 Å². The van der Waals surface area contributed by atoms with Crippen molar-refractivity contribution in [2.75, 3.05) is 6.54 Å². The maximum Gasteiger partial charge on any atom is 0.408 e. The summed E-state index contributed by atoms with van der Waals surface area (Å²) in [5.41, 5.74) is 6.23. The summed E-state index contributed by atoms with van der Waals surface area (Å²) in [6, 6.07) is 14.1. The molecule has 206 valence electrons. The van der Waals surface area contributed by atoms with E-state index in [0.717, 1.165) is 5.56 Å². The Morgan fingerprint density at radius 3 is 2.13 bits per heavy atom. The normalized spacial score (nSPS) is 13.4. The lowest BCUT2D eigenvalue weighted by molar-refractivity contribution is -0.132. The van der Waals surface area contributed by atoms with Crippen molar-refractivity contribution >= 4 is 23.8 Å². The molecule has 38 heavy (non-hydrogen) atoms. The third-order valence-corrected chi connectivity index (χ3v) is 5.14. The summed E-state index contributed by atoms with van der Waals surface area (Å²) < 4.78 is 10.9. The van der Waals surface area contributed by atoms with Crippen LogP contribution in [0.1, 0.15) is 38.8 Å². The number of alkyl carbamates (subject to hydrolysis) is 1. The number of benzene rings is 2. The Balaban J connectivity index is 2.07. The summed E-state index contributed by atoms with van der Waals surface area (Å²) in [6.45, 7) is 6.30. The molecule has 0 aromatic heterocycles. The van der Waals surface area contributed by atoms with Crippen molar-refractivity contribution in [2.45, 2.75) is 64.5 Å². The molecule has 0 radical (unpaired) electrons. The quantitative estimate of drug-likeness (QED) is 0.275. The van der Waals surface area contributed by atoms with Crippen molar-refractivity contribution in [3.8, 4) is 5.75 Å². The van der Waals surface area contributed by atoms with Crippen LogP contribution in [0.2, 0.25) is 0 Å². The fourth-order valence-corrected chi connectivity index (χ4v) is 3.30. The van der Waals surface area contributed by atoms with E-state index in [2.05, 4.69) is 16.0 Å². The molecule has 2 aromatic rings. The van der Waals surface area contributed by atoms with Gasteiger partial charge in [-0.15, -0.1) is 0 Å². The second-order valence-electron chi connectivity index (χ2n) is 9.73. The average Bonchev–Trinajstić information content (AvgIpc) is 2.84. The number of hydrogen-bond acceptors (Lipinski definition) is 7. The lowest BCUT2D eigenvalue weighted by Gasteiger charge is -2.24. The van der Waals surface area contributed by atoms with Crippen LogP contribution in [0.5, 0.6) is 5.75 Å². The van der Waals surface area contributed by atoms with Gasteiger partial charge in [0, 0.05) is 6.42 Å². The maximum atomic E-state index is 13.0. The zero-order valence-corrected chi connectivity index (χ0v) is 22.0. The van der Waals surface area contributed by atoms with Crippen LogP contribution in [0, 0.1) is 0 Å². The molecule has 0 spiro atoms. The second kappa shape index (κ2) is 14.0. The molecule has 6 N–H and O–H groups in total. The van der Waals surface area contributed by atoms with Crippen LogP contribution < -0.4 is 26.4 Å². The fourth-order valence-electron chi connectivity index (χ4n) is 3.30. The molecule has 0 heterocycles. The van der Waals surface area contributed by atoms with Crippen molar-refractivity contribution in [3.05, 3.63) is 65.7 Å². The van der Waals surface area contributed by atoms with Crippen LogP contribution in [0.15, 0.2) is 54.6 Å². The van der Waals surface area contributed by atoms with Crippen molar-refractivity contribution in [1.29, 1.82) is 0 Å². The fraction of sp³-hybridized carbons (Fsp3) is 0.407. The number of primary amides is 1. The molecule has 11 nitrogen and oxygen atoms in total. The Labute approximate surface area is 222 Å². The molecule has 0 fully saturated rings. The lowest BCUT2D eigenvalue weighted by Crippen LogP contribution is -2.57. The average molecular weight is 529 g/mol. The first-order chi connectivity index (χ1) is 17.8. The summed E-state index contributed by atoms with van der Waals surface area (Å²) in [5, 5.41) is 17.0. The van der Waals surface area contributed by atoms with Crippen molar-refractivity contribution < 1.29 is 33.8 Å². The van der Waals surface area contributed by atoms with Gasteiger partial charge in [-0.2, -0.15) is 0 Å². The lowest BCUT2D eigenvalue weighted by atomic mass is 10.0. The largest absolute Gasteiger partial charge is 0.489 e. The first kappa shape index (κ1) is 30.1. The summed E-state index contributed by atoms with van der Waals surface area (Å²) in [5.74, 6) is -1.70. The van der Waals surface area contributed by atoms with Crippen LogP contribution >= 0.6 is 0 Å². The second-order valence-corrected chi connectivity index (χ2v) is 9.73. The first-order valence-electron chi connectivity index (χ1n) is 12.1. The predicted octanol–water partition coefficient (Wildman–Crippen LogP) is 1.17. The van der Waals surface area contributed by atoms with Crippen molar-refractivity contribution in [2.24, 2.45) is 5.73 Å². The smallest absolute Gasteiger partial charge is 0.408 e. The molecule has 0 saturated carbocycles. The SMILES string of the molecule is C[C@H](O)[C@H](NC(=O)[C@H](Cc1ccc(OCc2ccccc2)cc1)NC(=O)CNC(=O)OC(C)(C)C)C(N)=O. The summed E-state index contributed by atoms with van der Waals surface area (Å²) in [4.78, 5) is 49.0. The van der Waals surface area contributed by atoms with E-state index in [4.69, 9.17) is 15.2 Å². The minimum absolute atomic E-state index is 0.0499. The van der Waals surface area contributed by atoms with E-state index in [0.29, 0.717) is 17.9 Å². The number of carbonyl (C=O) groups excluding carboxylic acids is 4. The van der Waals surface area contributed by atoms with E-state index in [1.165, 1.54) is 6.92 Å². The standard InChI is InChI=1S/C27H36N4O7/c1-17(32)23(24(28)34)31-25(35)21(30-22(33)15-29-26(36)38-27(2,3)4)14-18-10-12-20(13-11-18)37-16-19-8-6-5-7-9-19/h5-13,17,21,23,32H,14-16H2,1-4H3,(H2,28,34)(H,29,36)(H,30,33)(H,31,35)/t17-,21-,23-/m0/s1. The zero-order chi connectivity index (χ0) is 28.3. The molecule has 0 unspecified atom stereocenters. The van der Waals surface area contributed by atoms with Gasteiger partial charge in [-0.25, -0.2) is 4.79 Å². The summed E-state index contributed by atoms with van der Waals surface area (Å²) in [6.07, 6.45) is -1.99. The van der Waals surface area contributed by atoms with Gasteiger partial charge < -0.3 is 36.3 Å². The zero-order valence-electron chi connectivity index (χ0n) is 22.0. The Kier molecular flexibility index (Phi) is 11.1. The Morgan fingerprint density at radius 1 is 0.947 bits per heavy atom. The first-order valence-corrected chi connectivity index (χ1v) is 12.1. The highest BCUT2D eigenvalue weighted by atomic mass is 16.6. The highest BCUT2D eigenvalue weighted by molar-refractivity contribution is 5.92. The molecule has 0 aliphatic heterocycles. The van der Waals surface area contributed by atoms with E-state index < -0.39 is 54.1 Å². The molecule has 0 saturated heterocycles. The molecular weight excluding hydrogens is 492 g/mol. The number of hydrogen-bond donors (Lipinski definition) is 5. The van der Waals surface area contributed by atoms with Crippen LogP contribution in [-0.2, 0) is 32.1 Å². The highest BCUT2D eigenvalue weighted by Crippen LogP contribution is 2.16. The van der Waals surface area contributed by atoms with Crippen molar-refractivity contribution in [1.82, 2.24) is 16.0 Å². The highest BCUT2D eigenvalue weighted by Gasteiger charge is 2.29. The molecule has 4 amide bonds. The summed E-state index contributed by atoms with van der Waals surface area (Å²) >= 11 is 0. The molecule has 3 atom stereocenters. The van der Waals surface area contributed by atoms with Gasteiger partial charge in [0.15, 0.2) is 0 Å². The van der Waals surface area contributed by atoms with E-state index in [9.17, 15) is 24.3 Å². The van der Waals surface area contributed by atoms with Gasteiger partial charge in [0.25, 0.3) is 0 Å². The van der Waals surface area contributed by atoms with Gasteiger partial charge >= 0.3 is 6.09 Å². The molecular formula is C27H36N4O7. The molecule has 2 rings (SSSR count). The minimum Gasteiger partial charge on any atom is -0.489 e. The number of rotatable bonds is 12. The topological polar surface area (TPSA) is 169 Å². The number of nitrogens with one attached hydrogen (secondary N) is 3. The van der Waals surface area contributed by atoms with Crippen LogP contribution in [-0.4, -0.2) is 59.3 Å². The van der Waals surface area contributed by atoms with Gasteiger partial charge in [-0.3, -0.25) is 14.4 Å². The van der Waals surface area contributed by atoms with Crippen LogP contribution in [0.4, 0.5) is 4.79 Å². The number of aliphatic hydroxyl groups excluding tert-OH is 1. The molecule has 0 aliphatic rings. The molecule has 0 bridgehead atoms. The predicted molar refractivity (Wildman–Crippen MR) is 140 cm³/mol. The Hall–Kier alpha value is -4.12. The third-order valence-electron chi connectivity index (χ3n) is 5.14. The van der Waals surface area contributed by atoms with Crippen LogP contribution in [0.3, 0.4) is 0 Å². The number of aliphatic hydroxyl groups is 1. The van der Waals surface area contributed by atoms with Gasteiger partial charge in [0.05, 0.1) is 6.10 Å². The number of ether oxygens (including phenoxy) is 2. The molecule has 11 heteroatoms. The van der Waals surface area contributed by atoms with E-state index in [1.807, 2.05) is 30.3 Å². The van der Waals surface area contributed by atoms with Crippen LogP contribution in [0.25, 0.3) is 0 Å². The van der Waals surface area contributed by atoms with Gasteiger partial charge in [-0.05, 0) is 51.0 Å².